The fourth-order valence-corrected chi connectivity index (χ4v) is 5.14. The lowest BCUT2D eigenvalue weighted by Gasteiger charge is -2.23. The Morgan fingerprint density at radius 2 is 1.80 bits per heavy atom. The van der Waals surface area contributed by atoms with Crippen molar-refractivity contribution in [1.29, 1.82) is 0 Å². The van der Waals surface area contributed by atoms with Gasteiger partial charge in [0.2, 0.25) is 5.91 Å². The number of amidine groups is 1. The first-order valence-corrected chi connectivity index (χ1v) is 12.2. The lowest BCUT2D eigenvalue weighted by Crippen LogP contribution is -2.25. The second-order valence-corrected chi connectivity index (χ2v) is 9.61. The topological polar surface area (TPSA) is 74.1 Å². The van der Waals surface area contributed by atoms with E-state index in [0.29, 0.717) is 22.8 Å². The number of nitrogens with zero attached hydrogens (tertiary/aromatic N) is 3. The lowest BCUT2D eigenvalue weighted by molar-refractivity contribution is -0.121. The molecule has 176 valence electrons. The fourth-order valence-electron chi connectivity index (χ4n) is 4.08. The van der Waals surface area contributed by atoms with Gasteiger partial charge in [-0.25, -0.2) is 9.40 Å². The average Bonchev–Trinajstić information content (AvgIpc) is 3.47. The van der Waals surface area contributed by atoms with Crippen LogP contribution in [0.1, 0.15) is 35.6 Å². The fraction of sp³-hybridized carbons (Fsp3) is 0.185. The highest BCUT2D eigenvalue weighted by Gasteiger charge is 2.39. The minimum Gasteiger partial charge on any atom is -0.326 e. The normalized spacial score (nSPS) is 19.5. The molecule has 8 heteroatoms. The Labute approximate surface area is 207 Å². The second kappa shape index (κ2) is 9.84. The molecule has 1 N–H and O–H groups in total. The number of thioether (sulfide) groups is 1. The number of nitrogens with one attached hydrogen (secondary N) is 1. The van der Waals surface area contributed by atoms with Crippen LogP contribution in [0.4, 0.5) is 10.1 Å². The Bertz CT molecular complexity index is 1330. The highest BCUT2D eigenvalue weighted by Crippen LogP contribution is 2.38. The zero-order valence-electron chi connectivity index (χ0n) is 19.0. The van der Waals surface area contributed by atoms with Crippen molar-refractivity contribution >= 4 is 40.1 Å². The largest absolute Gasteiger partial charge is 0.326 e. The van der Waals surface area contributed by atoms with E-state index in [1.54, 1.807) is 24.1 Å². The van der Waals surface area contributed by atoms with Crippen molar-refractivity contribution in [3.63, 3.8) is 0 Å². The summed E-state index contributed by atoms with van der Waals surface area (Å²) in [5.74, 6) is -1.14. The lowest BCUT2D eigenvalue weighted by atomic mass is 9.99. The van der Waals surface area contributed by atoms with Crippen LogP contribution >= 0.6 is 11.8 Å². The molecule has 2 heterocycles. The quantitative estimate of drug-likeness (QED) is 0.530. The molecule has 0 radical (unpaired) electrons. The van der Waals surface area contributed by atoms with Gasteiger partial charge in [0.25, 0.3) is 5.91 Å². The summed E-state index contributed by atoms with van der Waals surface area (Å²) in [7, 11) is 0. The highest BCUT2D eigenvalue weighted by molar-refractivity contribution is 8.15. The van der Waals surface area contributed by atoms with E-state index in [1.165, 1.54) is 17.8 Å². The van der Waals surface area contributed by atoms with Gasteiger partial charge in [-0.2, -0.15) is 10.1 Å². The van der Waals surface area contributed by atoms with E-state index >= 15 is 0 Å². The predicted octanol–water partition coefficient (Wildman–Crippen LogP) is 5.31. The molecule has 5 rings (SSSR count). The molecule has 2 aliphatic rings. The molecule has 0 bridgehead atoms. The monoisotopic (exact) mass is 486 g/mol. The van der Waals surface area contributed by atoms with Gasteiger partial charge in [0, 0.05) is 18.5 Å². The number of anilines is 1. The standard InChI is InChI=1S/C27H23FN4O2S/c1-17-12-13-20(14-21(17)28)29-25(33)16-24-26(34)30-27(35-24)32-23(19-10-6-3-7-11-19)15-22(31-32)18-8-4-2-5-9-18/h2-14,23-24H,15-16H2,1H3,(H,29,33)/t23-,24+/m1/s1. The maximum absolute atomic E-state index is 13.8. The number of hydrazone groups is 1. The van der Waals surface area contributed by atoms with Crippen molar-refractivity contribution < 1.29 is 14.0 Å². The molecule has 3 aromatic carbocycles. The third-order valence-electron chi connectivity index (χ3n) is 5.95. The minimum atomic E-state index is -0.660. The van der Waals surface area contributed by atoms with E-state index in [2.05, 4.69) is 10.3 Å². The van der Waals surface area contributed by atoms with Gasteiger partial charge >= 0.3 is 0 Å². The predicted molar refractivity (Wildman–Crippen MR) is 137 cm³/mol. The van der Waals surface area contributed by atoms with Crippen LogP contribution in [0.25, 0.3) is 0 Å². The number of hydrogen-bond donors (Lipinski definition) is 1. The molecule has 0 aliphatic carbocycles. The molecule has 3 aromatic rings. The molecule has 2 aliphatic heterocycles. The molecule has 2 amide bonds. The number of rotatable bonds is 5. The molecule has 0 fully saturated rings. The molecule has 0 spiro atoms. The first kappa shape index (κ1) is 23.0. The summed E-state index contributed by atoms with van der Waals surface area (Å²) in [4.78, 5) is 29.5. The van der Waals surface area contributed by atoms with Crippen LogP contribution < -0.4 is 5.32 Å². The van der Waals surface area contributed by atoms with Gasteiger partial charge in [-0.05, 0) is 35.7 Å². The first-order valence-electron chi connectivity index (χ1n) is 11.3. The summed E-state index contributed by atoms with van der Waals surface area (Å²) in [6.45, 7) is 1.65. The molecule has 6 nitrogen and oxygen atoms in total. The Morgan fingerprint density at radius 1 is 1.09 bits per heavy atom. The van der Waals surface area contributed by atoms with E-state index < -0.39 is 11.1 Å². The van der Waals surface area contributed by atoms with Crippen molar-refractivity contribution in [2.24, 2.45) is 10.1 Å². The number of hydrogen-bond acceptors (Lipinski definition) is 5. The van der Waals surface area contributed by atoms with Crippen molar-refractivity contribution in [3.05, 3.63) is 101 Å². The van der Waals surface area contributed by atoms with Gasteiger partial charge in [0.15, 0.2) is 5.17 Å². The van der Waals surface area contributed by atoms with Crippen molar-refractivity contribution in [1.82, 2.24) is 5.01 Å². The Balaban J connectivity index is 1.32. The van der Waals surface area contributed by atoms with Crippen LogP contribution in [0.15, 0.2) is 89.0 Å². The van der Waals surface area contributed by atoms with E-state index in [9.17, 15) is 14.0 Å². The molecule has 35 heavy (non-hydrogen) atoms. The molecule has 0 unspecified atom stereocenters. The van der Waals surface area contributed by atoms with E-state index in [-0.39, 0.29) is 24.3 Å². The summed E-state index contributed by atoms with van der Waals surface area (Å²) < 4.78 is 13.8. The molecule has 0 aromatic heterocycles. The second-order valence-electron chi connectivity index (χ2n) is 8.44. The number of amides is 2. The molecular formula is C27H23FN4O2S. The summed E-state index contributed by atoms with van der Waals surface area (Å²) in [5, 5.41) is 9.12. The van der Waals surface area contributed by atoms with Gasteiger partial charge in [0.1, 0.15) is 11.1 Å². The third kappa shape index (κ3) is 5.02. The summed E-state index contributed by atoms with van der Waals surface area (Å²) in [6.07, 6.45) is 0.608. The van der Waals surface area contributed by atoms with Crippen LogP contribution in [0.5, 0.6) is 0 Å². The number of halogens is 1. The van der Waals surface area contributed by atoms with Crippen molar-refractivity contribution in [2.75, 3.05) is 5.32 Å². The molecule has 2 atom stereocenters. The molecular weight excluding hydrogens is 463 g/mol. The number of aryl methyl sites for hydroxylation is 1. The van der Waals surface area contributed by atoms with Gasteiger partial charge < -0.3 is 5.32 Å². The summed E-state index contributed by atoms with van der Waals surface area (Å²) >= 11 is 1.24. The zero-order valence-corrected chi connectivity index (χ0v) is 19.8. The van der Waals surface area contributed by atoms with Crippen LogP contribution in [0, 0.1) is 12.7 Å². The maximum Gasteiger partial charge on any atom is 0.262 e. The Morgan fingerprint density at radius 3 is 2.51 bits per heavy atom. The summed E-state index contributed by atoms with van der Waals surface area (Å²) in [6, 6.07) is 24.3. The number of benzene rings is 3. The van der Waals surface area contributed by atoms with E-state index in [1.807, 2.05) is 60.7 Å². The van der Waals surface area contributed by atoms with E-state index in [0.717, 1.165) is 16.8 Å². The minimum absolute atomic E-state index is 0.0644. The van der Waals surface area contributed by atoms with Gasteiger partial charge in [-0.1, -0.05) is 78.5 Å². The Hall–Kier alpha value is -3.78. The molecule has 0 saturated heterocycles. The number of carbonyl (C=O) groups is 2. The maximum atomic E-state index is 13.8. The van der Waals surface area contributed by atoms with Crippen molar-refractivity contribution in [3.8, 4) is 0 Å². The highest BCUT2D eigenvalue weighted by atomic mass is 32.2. The first-order chi connectivity index (χ1) is 17.0. The number of carbonyl (C=O) groups excluding carboxylic acids is 2. The van der Waals surface area contributed by atoms with Crippen LogP contribution in [-0.4, -0.2) is 33.0 Å². The van der Waals surface area contributed by atoms with Crippen LogP contribution in [0.3, 0.4) is 0 Å². The smallest absolute Gasteiger partial charge is 0.262 e. The average molecular weight is 487 g/mol. The van der Waals surface area contributed by atoms with Crippen LogP contribution in [-0.2, 0) is 9.59 Å². The third-order valence-corrected chi connectivity index (χ3v) is 7.10. The number of aliphatic imine (C=N–C) groups is 1. The van der Waals surface area contributed by atoms with Gasteiger partial charge in [0.05, 0.1) is 11.8 Å². The Kier molecular flexibility index (Phi) is 6.46. The zero-order chi connectivity index (χ0) is 24.4. The van der Waals surface area contributed by atoms with Crippen molar-refractivity contribution in [2.45, 2.75) is 31.1 Å². The SMILES string of the molecule is Cc1ccc(NC(=O)C[C@@H]2SC(N3N=C(c4ccccc4)C[C@@H]3c3ccccc3)=NC2=O)cc1F. The summed E-state index contributed by atoms with van der Waals surface area (Å²) in [5.41, 5.74) is 3.86. The van der Waals surface area contributed by atoms with Gasteiger partial charge in [-0.3, -0.25) is 9.59 Å². The van der Waals surface area contributed by atoms with Crippen LogP contribution in [0.2, 0.25) is 0 Å². The molecule has 0 saturated carbocycles. The van der Waals surface area contributed by atoms with Gasteiger partial charge in [-0.15, -0.1) is 0 Å². The van der Waals surface area contributed by atoms with E-state index in [4.69, 9.17) is 5.10 Å².